The summed E-state index contributed by atoms with van der Waals surface area (Å²) in [6.45, 7) is 6.03. The molecule has 1 aliphatic rings. The van der Waals surface area contributed by atoms with E-state index in [4.69, 9.17) is 4.74 Å². The Labute approximate surface area is 189 Å². The van der Waals surface area contributed by atoms with Crippen LogP contribution in [0.5, 0.6) is 11.6 Å². The van der Waals surface area contributed by atoms with Crippen LogP contribution >= 0.6 is 0 Å². The van der Waals surface area contributed by atoms with Crippen LogP contribution in [0.4, 0.5) is 5.69 Å². The molecule has 0 bridgehead atoms. The summed E-state index contributed by atoms with van der Waals surface area (Å²) in [6, 6.07) is 10.9. The van der Waals surface area contributed by atoms with E-state index in [1.54, 1.807) is 10.7 Å². The van der Waals surface area contributed by atoms with Gasteiger partial charge in [0, 0.05) is 23.9 Å². The lowest BCUT2D eigenvalue weighted by Crippen LogP contribution is -2.14. The summed E-state index contributed by atoms with van der Waals surface area (Å²) in [5.74, 6) is 2.47. The van der Waals surface area contributed by atoms with Gasteiger partial charge in [0.2, 0.25) is 11.8 Å². The number of carbonyl (C=O) groups is 1. The van der Waals surface area contributed by atoms with Crippen molar-refractivity contribution >= 4 is 11.6 Å². The maximum atomic E-state index is 12.3. The van der Waals surface area contributed by atoms with Gasteiger partial charge in [0.05, 0.1) is 5.69 Å². The molecule has 4 rings (SSSR count). The molecule has 1 aromatic carbocycles. The van der Waals surface area contributed by atoms with Crippen LogP contribution in [0.25, 0.3) is 5.82 Å². The molecule has 1 fully saturated rings. The molecule has 7 heteroatoms. The molecule has 1 N–H and O–H groups in total. The van der Waals surface area contributed by atoms with Crippen molar-refractivity contribution in [1.29, 1.82) is 0 Å². The number of anilines is 1. The lowest BCUT2D eigenvalue weighted by Gasteiger charge is -2.21. The second kappa shape index (κ2) is 9.94. The SMILES string of the molecule is Cc1nn(-c2ccc(Oc3ccc(NC(=O)CCC4CCCCC4)cc3)nn2)c(C)c1C. The average Bonchev–Trinajstić information content (AvgIpc) is 3.07. The van der Waals surface area contributed by atoms with Crippen molar-refractivity contribution in [2.75, 3.05) is 5.32 Å². The van der Waals surface area contributed by atoms with Gasteiger partial charge >= 0.3 is 0 Å². The molecule has 3 aromatic rings. The molecule has 7 nitrogen and oxygen atoms in total. The number of rotatable bonds is 7. The molecule has 1 amide bonds. The van der Waals surface area contributed by atoms with Crippen molar-refractivity contribution in [3.05, 3.63) is 53.3 Å². The standard InChI is InChI=1S/C25H31N5O2/c1-17-18(2)29-30(19(17)3)23-14-16-25(28-27-23)32-22-12-10-21(11-13-22)26-24(31)15-9-20-7-5-4-6-8-20/h10-14,16,20H,4-9,15H2,1-3H3,(H,26,31). The van der Waals surface area contributed by atoms with Crippen LogP contribution in [0.3, 0.4) is 0 Å². The van der Waals surface area contributed by atoms with Crippen molar-refractivity contribution in [2.24, 2.45) is 5.92 Å². The van der Waals surface area contributed by atoms with Gasteiger partial charge in [-0.3, -0.25) is 4.79 Å². The van der Waals surface area contributed by atoms with Crippen molar-refractivity contribution in [2.45, 2.75) is 65.7 Å². The first-order chi connectivity index (χ1) is 15.5. The van der Waals surface area contributed by atoms with E-state index < -0.39 is 0 Å². The Bertz CT molecular complexity index is 1050. The molecule has 0 unspecified atom stereocenters. The highest BCUT2D eigenvalue weighted by Gasteiger charge is 2.15. The van der Waals surface area contributed by atoms with Gasteiger partial charge in [0.15, 0.2) is 5.82 Å². The first-order valence-corrected chi connectivity index (χ1v) is 11.4. The molecular weight excluding hydrogens is 402 g/mol. The zero-order valence-corrected chi connectivity index (χ0v) is 19.1. The van der Waals surface area contributed by atoms with Gasteiger partial charge in [-0.25, -0.2) is 4.68 Å². The Morgan fingerprint density at radius 1 is 1.03 bits per heavy atom. The van der Waals surface area contributed by atoms with E-state index in [-0.39, 0.29) is 5.91 Å². The Kier molecular flexibility index (Phi) is 6.83. The summed E-state index contributed by atoms with van der Waals surface area (Å²) in [6.07, 6.45) is 8.06. The molecule has 2 aromatic heterocycles. The van der Waals surface area contributed by atoms with Crippen LogP contribution in [0.15, 0.2) is 36.4 Å². The monoisotopic (exact) mass is 433 g/mol. The Balaban J connectivity index is 1.30. The minimum absolute atomic E-state index is 0.0742. The van der Waals surface area contributed by atoms with E-state index in [0.29, 0.717) is 29.8 Å². The zero-order chi connectivity index (χ0) is 22.5. The summed E-state index contributed by atoms with van der Waals surface area (Å²) in [4.78, 5) is 12.3. The number of benzene rings is 1. The smallest absolute Gasteiger partial charge is 0.238 e. The quantitative estimate of drug-likeness (QED) is 0.518. The van der Waals surface area contributed by atoms with Gasteiger partial charge < -0.3 is 10.1 Å². The van der Waals surface area contributed by atoms with Gasteiger partial charge in [-0.2, -0.15) is 5.10 Å². The molecule has 2 heterocycles. The number of hydrogen-bond acceptors (Lipinski definition) is 5. The second-order valence-electron chi connectivity index (χ2n) is 8.65. The lowest BCUT2D eigenvalue weighted by atomic mass is 9.86. The van der Waals surface area contributed by atoms with Gasteiger partial charge in [0.25, 0.3) is 0 Å². The van der Waals surface area contributed by atoms with Crippen LogP contribution in [-0.2, 0) is 4.79 Å². The number of aromatic nitrogens is 4. The molecule has 1 aliphatic carbocycles. The largest absolute Gasteiger partial charge is 0.438 e. The van der Waals surface area contributed by atoms with Gasteiger partial charge in [0.1, 0.15) is 5.75 Å². The molecular formula is C25H31N5O2. The molecule has 0 spiro atoms. The summed E-state index contributed by atoms with van der Waals surface area (Å²) in [5, 5.41) is 15.9. The van der Waals surface area contributed by atoms with Crippen LogP contribution in [0.1, 0.15) is 61.9 Å². The fraction of sp³-hybridized carbons (Fsp3) is 0.440. The molecule has 1 saturated carbocycles. The predicted molar refractivity (Wildman–Crippen MR) is 124 cm³/mol. The van der Waals surface area contributed by atoms with Crippen molar-refractivity contribution < 1.29 is 9.53 Å². The van der Waals surface area contributed by atoms with Gasteiger partial charge in [-0.15, -0.1) is 10.2 Å². The molecule has 0 saturated heterocycles. The van der Waals surface area contributed by atoms with E-state index in [2.05, 4.69) is 20.6 Å². The van der Waals surface area contributed by atoms with E-state index in [9.17, 15) is 4.79 Å². The Morgan fingerprint density at radius 3 is 2.41 bits per heavy atom. The Hall–Kier alpha value is -3.22. The average molecular weight is 434 g/mol. The number of nitrogens with zero attached hydrogens (tertiary/aromatic N) is 4. The summed E-state index contributed by atoms with van der Waals surface area (Å²) >= 11 is 0. The molecule has 32 heavy (non-hydrogen) atoms. The van der Waals surface area contributed by atoms with E-state index in [0.717, 1.165) is 29.1 Å². The third kappa shape index (κ3) is 5.33. The van der Waals surface area contributed by atoms with Crippen molar-refractivity contribution in [1.82, 2.24) is 20.0 Å². The maximum Gasteiger partial charge on any atom is 0.238 e. The van der Waals surface area contributed by atoms with Crippen molar-refractivity contribution in [3.63, 3.8) is 0 Å². The number of ether oxygens (including phenoxy) is 1. The molecule has 0 radical (unpaired) electrons. The number of hydrogen-bond donors (Lipinski definition) is 1. The summed E-state index contributed by atoms with van der Waals surface area (Å²) < 4.78 is 7.58. The fourth-order valence-corrected chi connectivity index (χ4v) is 4.19. The highest BCUT2D eigenvalue weighted by molar-refractivity contribution is 5.90. The predicted octanol–water partition coefficient (Wildman–Crippen LogP) is 5.68. The minimum Gasteiger partial charge on any atom is -0.438 e. The van der Waals surface area contributed by atoms with E-state index in [1.165, 1.54) is 32.1 Å². The topological polar surface area (TPSA) is 81.9 Å². The normalized spacial score (nSPS) is 14.3. The Morgan fingerprint density at radius 2 is 1.78 bits per heavy atom. The number of carbonyl (C=O) groups excluding carboxylic acids is 1. The third-order valence-corrected chi connectivity index (χ3v) is 6.36. The molecule has 0 aliphatic heterocycles. The highest BCUT2D eigenvalue weighted by atomic mass is 16.5. The summed E-state index contributed by atoms with van der Waals surface area (Å²) in [7, 11) is 0. The zero-order valence-electron chi connectivity index (χ0n) is 19.1. The summed E-state index contributed by atoms with van der Waals surface area (Å²) in [5.41, 5.74) is 3.94. The fourth-order valence-electron chi connectivity index (χ4n) is 4.19. The van der Waals surface area contributed by atoms with Crippen molar-refractivity contribution in [3.8, 4) is 17.4 Å². The van der Waals surface area contributed by atoms with E-state index >= 15 is 0 Å². The molecule has 0 atom stereocenters. The van der Waals surface area contributed by atoms with Gasteiger partial charge in [-0.05, 0) is 69.0 Å². The highest BCUT2D eigenvalue weighted by Crippen LogP contribution is 2.27. The number of amides is 1. The van der Waals surface area contributed by atoms with E-state index in [1.807, 2.05) is 51.1 Å². The van der Waals surface area contributed by atoms with Crippen LogP contribution < -0.4 is 10.1 Å². The number of aryl methyl sites for hydroxylation is 1. The maximum absolute atomic E-state index is 12.3. The van der Waals surface area contributed by atoms with Crippen LogP contribution in [-0.4, -0.2) is 25.9 Å². The minimum atomic E-state index is 0.0742. The van der Waals surface area contributed by atoms with Gasteiger partial charge in [-0.1, -0.05) is 32.1 Å². The van der Waals surface area contributed by atoms with Crippen LogP contribution in [0, 0.1) is 26.7 Å². The third-order valence-electron chi connectivity index (χ3n) is 6.36. The van der Waals surface area contributed by atoms with Crippen LogP contribution in [0.2, 0.25) is 0 Å². The lowest BCUT2D eigenvalue weighted by molar-refractivity contribution is -0.116. The number of nitrogens with one attached hydrogen (secondary N) is 1. The first kappa shape index (κ1) is 22.0. The molecule has 168 valence electrons. The second-order valence-corrected chi connectivity index (χ2v) is 8.65. The first-order valence-electron chi connectivity index (χ1n) is 11.4.